The molecule has 1 heterocycles. The fourth-order valence-corrected chi connectivity index (χ4v) is 3.97. The van der Waals surface area contributed by atoms with Crippen molar-refractivity contribution in [2.75, 3.05) is 5.32 Å². The quantitative estimate of drug-likeness (QED) is 0.328. The topological polar surface area (TPSA) is 60.3 Å². The van der Waals surface area contributed by atoms with Gasteiger partial charge in [0, 0.05) is 12.2 Å². The zero-order valence-electron chi connectivity index (χ0n) is 19.9. The molecule has 192 valence electrons. The minimum Gasteiger partial charge on any atom is -0.456 e. The van der Waals surface area contributed by atoms with Crippen molar-refractivity contribution in [1.82, 2.24) is 4.57 Å². The van der Waals surface area contributed by atoms with E-state index in [1.165, 1.54) is 22.8 Å². The number of anilines is 1. The van der Waals surface area contributed by atoms with Crippen LogP contribution in [0.5, 0.6) is 0 Å². The zero-order chi connectivity index (χ0) is 26.7. The van der Waals surface area contributed by atoms with Crippen molar-refractivity contribution in [3.63, 3.8) is 0 Å². The first-order valence-electron chi connectivity index (χ1n) is 11.1. The van der Waals surface area contributed by atoms with E-state index in [9.17, 15) is 22.8 Å². The first kappa shape index (κ1) is 27.6. The molecule has 3 aromatic rings. The van der Waals surface area contributed by atoms with E-state index in [0.717, 1.165) is 17.7 Å². The lowest BCUT2D eigenvalue weighted by Crippen LogP contribution is -2.26. The van der Waals surface area contributed by atoms with Gasteiger partial charge in [0.1, 0.15) is 10.6 Å². The molecule has 0 radical (unpaired) electrons. The van der Waals surface area contributed by atoms with Gasteiger partial charge < -0.3 is 14.6 Å². The summed E-state index contributed by atoms with van der Waals surface area (Å²) in [5.74, 6) is -0.435. The minimum absolute atomic E-state index is 0.00410. The van der Waals surface area contributed by atoms with Gasteiger partial charge in [-0.15, -0.1) is 0 Å². The van der Waals surface area contributed by atoms with Crippen LogP contribution >= 0.6 is 23.2 Å². The van der Waals surface area contributed by atoms with Crippen molar-refractivity contribution < 1.29 is 22.7 Å². The van der Waals surface area contributed by atoms with Crippen LogP contribution in [0.15, 0.2) is 59.4 Å². The second-order valence-corrected chi connectivity index (χ2v) is 9.94. The van der Waals surface area contributed by atoms with E-state index in [1.54, 1.807) is 45.0 Å². The van der Waals surface area contributed by atoms with E-state index in [4.69, 9.17) is 27.9 Å². The SMILES string of the molecule is CC(C)(C)OC(=O)c1ccc(CCn2c(CNc3cccc(C(F)(F)F)c3)c(Cl)cc(Cl)c2=O)cc1. The molecular formula is C26H25Cl2F3N2O3. The second-order valence-electron chi connectivity index (χ2n) is 9.12. The van der Waals surface area contributed by atoms with Crippen LogP contribution in [0.2, 0.25) is 10.0 Å². The number of nitrogens with one attached hydrogen (secondary N) is 1. The molecule has 0 atom stereocenters. The van der Waals surface area contributed by atoms with Crippen LogP contribution in [0.3, 0.4) is 0 Å². The Labute approximate surface area is 216 Å². The van der Waals surface area contributed by atoms with E-state index >= 15 is 0 Å². The van der Waals surface area contributed by atoms with E-state index in [2.05, 4.69) is 5.32 Å². The summed E-state index contributed by atoms with van der Waals surface area (Å²) in [6, 6.07) is 12.9. The van der Waals surface area contributed by atoms with Crippen molar-refractivity contribution in [1.29, 1.82) is 0 Å². The first-order chi connectivity index (χ1) is 16.7. The van der Waals surface area contributed by atoms with Crippen molar-refractivity contribution in [3.05, 3.63) is 97.4 Å². The third kappa shape index (κ3) is 7.27. The number of aromatic nitrogens is 1. The average molecular weight is 541 g/mol. The number of carbonyl (C=O) groups excluding carboxylic acids is 1. The molecule has 1 aromatic heterocycles. The van der Waals surface area contributed by atoms with Crippen molar-refractivity contribution >= 4 is 34.9 Å². The van der Waals surface area contributed by atoms with E-state index in [-0.39, 0.29) is 28.8 Å². The molecule has 0 bridgehead atoms. The Morgan fingerprint density at radius 1 is 1.00 bits per heavy atom. The van der Waals surface area contributed by atoms with Gasteiger partial charge in [0.05, 0.1) is 28.4 Å². The highest BCUT2D eigenvalue weighted by molar-refractivity contribution is 6.34. The lowest BCUT2D eigenvalue weighted by atomic mass is 10.1. The molecule has 3 rings (SSSR count). The van der Waals surface area contributed by atoms with Crippen molar-refractivity contribution in [2.45, 2.75) is 52.1 Å². The standard InChI is InChI=1S/C26H25Cl2F3N2O3/c1-25(2,3)36-24(35)17-9-7-16(8-10-17)11-12-33-22(20(27)14-21(28)23(33)34)15-32-19-6-4-5-18(13-19)26(29,30)31/h4-10,13-14,32H,11-12,15H2,1-3H3. The molecule has 0 unspecified atom stereocenters. The number of pyridine rings is 1. The Kier molecular flexibility index (Phi) is 8.41. The van der Waals surface area contributed by atoms with Gasteiger partial charge in [-0.2, -0.15) is 13.2 Å². The molecule has 0 spiro atoms. The monoisotopic (exact) mass is 540 g/mol. The smallest absolute Gasteiger partial charge is 0.416 e. The van der Waals surface area contributed by atoms with E-state index in [1.807, 2.05) is 0 Å². The molecule has 10 heteroatoms. The van der Waals surface area contributed by atoms with Crippen LogP contribution in [0.4, 0.5) is 18.9 Å². The Bertz CT molecular complexity index is 1300. The maximum atomic E-state index is 13.0. The summed E-state index contributed by atoms with van der Waals surface area (Å²) in [5, 5.41) is 3.04. The molecule has 2 aromatic carbocycles. The average Bonchev–Trinajstić information content (AvgIpc) is 2.78. The largest absolute Gasteiger partial charge is 0.456 e. The summed E-state index contributed by atoms with van der Waals surface area (Å²) in [7, 11) is 0. The van der Waals surface area contributed by atoms with Crippen LogP contribution < -0.4 is 10.9 Å². The molecule has 0 fully saturated rings. The van der Waals surface area contributed by atoms with Crippen LogP contribution in [-0.2, 0) is 30.4 Å². The highest BCUT2D eigenvalue weighted by atomic mass is 35.5. The van der Waals surface area contributed by atoms with Gasteiger partial charge in [-0.25, -0.2) is 4.79 Å². The molecule has 0 aliphatic heterocycles. The maximum absolute atomic E-state index is 13.0. The summed E-state index contributed by atoms with van der Waals surface area (Å²) in [5.41, 5.74) is 0.00157. The lowest BCUT2D eigenvalue weighted by Gasteiger charge is -2.19. The number of ether oxygens (including phenoxy) is 1. The Balaban J connectivity index is 1.77. The maximum Gasteiger partial charge on any atom is 0.416 e. The molecule has 0 saturated heterocycles. The molecule has 1 N–H and O–H groups in total. The summed E-state index contributed by atoms with van der Waals surface area (Å²) >= 11 is 12.4. The van der Waals surface area contributed by atoms with Crippen LogP contribution in [0, 0.1) is 0 Å². The van der Waals surface area contributed by atoms with Gasteiger partial charge in [-0.1, -0.05) is 41.4 Å². The first-order valence-corrected chi connectivity index (χ1v) is 11.8. The number of hydrogen-bond acceptors (Lipinski definition) is 4. The number of alkyl halides is 3. The fourth-order valence-electron chi connectivity index (χ4n) is 3.43. The number of aryl methyl sites for hydroxylation is 1. The van der Waals surface area contributed by atoms with Gasteiger partial charge in [0.15, 0.2) is 0 Å². The third-order valence-corrected chi connectivity index (χ3v) is 5.76. The Morgan fingerprint density at radius 2 is 1.67 bits per heavy atom. The van der Waals surface area contributed by atoms with Gasteiger partial charge in [-0.3, -0.25) is 4.79 Å². The van der Waals surface area contributed by atoms with Crippen molar-refractivity contribution in [2.24, 2.45) is 0 Å². The van der Waals surface area contributed by atoms with Crippen LogP contribution in [-0.4, -0.2) is 16.1 Å². The van der Waals surface area contributed by atoms with Gasteiger partial charge in [0.2, 0.25) is 0 Å². The highest BCUT2D eigenvalue weighted by Crippen LogP contribution is 2.31. The van der Waals surface area contributed by atoms with Crippen molar-refractivity contribution in [3.8, 4) is 0 Å². The number of esters is 1. The molecule has 0 saturated carbocycles. The van der Waals surface area contributed by atoms with E-state index in [0.29, 0.717) is 17.7 Å². The number of rotatable bonds is 7. The number of carbonyl (C=O) groups is 1. The second kappa shape index (κ2) is 11.0. The number of benzene rings is 2. The third-order valence-electron chi connectivity index (χ3n) is 5.17. The zero-order valence-corrected chi connectivity index (χ0v) is 21.4. The molecular weight excluding hydrogens is 516 g/mol. The number of halogens is 5. The van der Waals surface area contributed by atoms with E-state index < -0.39 is 28.9 Å². The summed E-state index contributed by atoms with van der Waals surface area (Å²) in [4.78, 5) is 25.0. The predicted molar refractivity (Wildman–Crippen MR) is 135 cm³/mol. The van der Waals surface area contributed by atoms with Gasteiger partial charge in [0.25, 0.3) is 5.56 Å². The molecule has 36 heavy (non-hydrogen) atoms. The normalized spacial score (nSPS) is 11.9. The van der Waals surface area contributed by atoms with Gasteiger partial charge >= 0.3 is 12.1 Å². The predicted octanol–water partition coefficient (Wildman–Crippen LogP) is 6.98. The summed E-state index contributed by atoms with van der Waals surface area (Å²) in [6.07, 6.45) is -4.06. The highest BCUT2D eigenvalue weighted by Gasteiger charge is 2.30. The number of nitrogens with zero attached hydrogens (tertiary/aromatic N) is 1. The molecule has 0 amide bonds. The molecule has 0 aliphatic carbocycles. The van der Waals surface area contributed by atoms with Crippen LogP contribution in [0.25, 0.3) is 0 Å². The minimum atomic E-state index is -4.48. The summed E-state index contributed by atoms with van der Waals surface area (Å²) < 4.78 is 45.8. The Hall–Kier alpha value is -2.97. The number of hydrogen-bond donors (Lipinski definition) is 1. The molecule has 5 nitrogen and oxygen atoms in total. The lowest BCUT2D eigenvalue weighted by molar-refractivity contribution is -0.137. The Morgan fingerprint density at radius 3 is 2.28 bits per heavy atom. The fraction of sp³-hybridized carbons (Fsp3) is 0.308. The summed E-state index contributed by atoms with van der Waals surface area (Å²) in [6.45, 7) is 5.57. The van der Waals surface area contributed by atoms with Crippen LogP contribution in [0.1, 0.15) is 48.0 Å². The molecule has 0 aliphatic rings. The van der Waals surface area contributed by atoms with Gasteiger partial charge in [-0.05, 0) is 69.2 Å².